The summed E-state index contributed by atoms with van der Waals surface area (Å²) in [4.78, 5) is 0. The first-order valence-electron chi connectivity index (χ1n) is 5.01. The van der Waals surface area contributed by atoms with E-state index in [0.717, 1.165) is 25.2 Å². The van der Waals surface area contributed by atoms with Crippen LogP contribution in [0.4, 0.5) is 0 Å². The van der Waals surface area contributed by atoms with Gasteiger partial charge in [0.2, 0.25) is 0 Å². The first-order valence-corrected chi connectivity index (χ1v) is 5.01. The standard InChI is InChI=1S/C10H18O/c11-10-6-2-1-3-9(4-7-10)5-8-10/h9,11H,1-8H2. The zero-order valence-corrected chi connectivity index (χ0v) is 7.18. The number of hydrogen-bond acceptors (Lipinski definition) is 1. The molecule has 0 amide bonds. The second-order valence-corrected chi connectivity index (χ2v) is 4.41. The van der Waals surface area contributed by atoms with E-state index in [0.29, 0.717) is 0 Å². The van der Waals surface area contributed by atoms with E-state index in [9.17, 15) is 5.11 Å². The van der Waals surface area contributed by atoms with Crippen LogP contribution in [0.5, 0.6) is 0 Å². The lowest BCUT2D eigenvalue weighted by molar-refractivity contribution is -0.0281. The Kier molecular flexibility index (Phi) is 1.92. The fourth-order valence-electron chi connectivity index (χ4n) is 2.64. The third kappa shape index (κ3) is 1.58. The molecule has 0 aromatic carbocycles. The Bertz CT molecular complexity index is 128. The topological polar surface area (TPSA) is 20.2 Å². The van der Waals surface area contributed by atoms with Gasteiger partial charge in [0.05, 0.1) is 5.60 Å². The third-order valence-electron chi connectivity index (χ3n) is 3.54. The van der Waals surface area contributed by atoms with Crippen molar-refractivity contribution in [1.82, 2.24) is 0 Å². The van der Waals surface area contributed by atoms with Crippen molar-refractivity contribution in [2.45, 2.75) is 57.0 Å². The second-order valence-electron chi connectivity index (χ2n) is 4.41. The highest BCUT2D eigenvalue weighted by Crippen LogP contribution is 2.40. The summed E-state index contributed by atoms with van der Waals surface area (Å²) in [6.07, 6.45) is 9.85. The Labute approximate surface area is 68.8 Å². The van der Waals surface area contributed by atoms with E-state index in [1.807, 2.05) is 0 Å². The molecule has 0 saturated heterocycles. The number of aliphatic hydroxyl groups is 1. The summed E-state index contributed by atoms with van der Waals surface area (Å²) in [6, 6.07) is 0. The predicted octanol–water partition coefficient (Wildman–Crippen LogP) is 2.48. The van der Waals surface area contributed by atoms with Crippen molar-refractivity contribution in [2.75, 3.05) is 0 Å². The van der Waals surface area contributed by atoms with E-state index in [1.54, 1.807) is 0 Å². The van der Waals surface area contributed by atoms with Gasteiger partial charge in [0.25, 0.3) is 0 Å². The molecule has 0 radical (unpaired) electrons. The van der Waals surface area contributed by atoms with E-state index in [4.69, 9.17) is 0 Å². The molecule has 0 atom stereocenters. The van der Waals surface area contributed by atoms with Gasteiger partial charge in [-0.2, -0.15) is 0 Å². The average molecular weight is 154 g/mol. The molecule has 0 unspecified atom stereocenters. The Morgan fingerprint density at radius 1 is 0.909 bits per heavy atom. The van der Waals surface area contributed by atoms with Crippen LogP contribution >= 0.6 is 0 Å². The van der Waals surface area contributed by atoms with Crippen LogP contribution in [0.25, 0.3) is 0 Å². The summed E-state index contributed by atoms with van der Waals surface area (Å²) in [5.41, 5.74) is -0.239. The molecule has 3 saturated carbocycles. The minimum Gasteiger partial charge on any atom is -0.390 e. The zero-order chi connectivity index (χ0) is 7.73. The molecule has 0 aromatic heterocycles. The molecule has 1 heteroatoms. The highest BCUT2D eigenvalue weighted by Gasteiger charge is 2.34. The molecule has 3 aliphatic rings. The average Bonchev–Trinajstić information content (AvgIpc) is 1.96. The Morgan fingerprint density at radius 3 is 2.36 bits per heavy atom. The molecule has 0 aromatic rings. The van der Waals surface area contributed by atoms with Crippen LogP contribution in [-0.4, -0.2) is 10.7 Å². The minimum absolute atomic E-state index is 0.239. The van der Waals surface area contributed by atoms with Crippen LogP contribution in [0.15, 0.2) is 0 Å². The van der Waals surface area contributed by atoms with Gasteiger partial charge in [0.15, 0.2) is 0 Å². The summed E-state index contributed by atoms with van der Waals surface area (Å²) in [7, 11) is 0. The lowest BCUT2D eigenvalue weighted by Crippen LogP contribution is -2.35. The normalized spacial score (nSPS) is 45.0. The molecule has 1 N–H and O–H groups in total. The Hall–Kier alpha value is -0.0400. The van der Waals surface area contributed by atoms with Gasteiger partial charge in [-0.15, -0.1) is 0 Å². The van der Waals surface area contributed by atoms with Crippen molar-refractivity contribution in [3.63, 3.8) is 0 Å². The molecular weight excluding hydrogens is 136 g/mol. The molecule has 3 aliphatic carbocycles. The van der Waals surface area contributed by atoms with Crippen molar-refractivity contribution in [3.05, 3.63) is 0 Å². The van der Waals surface area contributed by atoms with Crippen LogP contribution in [-0.2, 0) is 0 Å². The van der Waals surface area contributed by atoms with Crippen molar-refractivity contribution >= 4 is 0 Å². The smallest absolute Gasteiger partial charge is 0.0648 e. The minimum atomic E-state index is -0.239. The van der Waals surface area contributed by atoms with Crippen LogP contribution in [0.2, 0.25) is 0 Å². The summed E-state index contributed by atoms with van der Waals surface area (Å²) in [5.74, 6) is 0.954. The Balaban J connectivity index is 2.04. The SMILES string of the molecule is OC12CCCCC(CC1)CC2. The first-order chi connectivity index (χ1) is 5.29. The monoisotopic (exact) mass is 154 g/mol. The Morgan fingerprint density at radius 2 is 1.64 bits per heavy atom. The van der Waals surface area contributed by atoms with Gasteiger partial charge in [-0.3, -0.25) is 0 Å². The fraction of sp³-hybridized carbons (Fsp3) is 1.00. The molecule has 0 spiro atoms. The molecule has 3 fully saturated rings. The van der Waals surface area contributed by atoms with Crippen molar-refractivity contribution in [1.29, 1.82) is 0 Å². The molecule has 1 nitrogen and oxygen atoms in total. The summed E-state index contributed by atoms with van der Waals surface area (Å²) in [6.45, 7) is 0. The van der Waals surface area contributed by atoms with Gasteiger partial charge in [-0.05, 0) is 38.0 Å². The van der Waals surface area contributed by atoms with E-state index < -0.39 is 0 Å². The molecule has 0 aliphatic heterocycles. The second kappa shape index (κ2) is 2.78. The molecule has 2 bridgehead atoms. The predicted molar refractivity (Wildman–Crippen MR) is 45.4 cm³/mol. The van der Waals surface area contributed by atoms with Crippen molar-refractivity contribution in [3.8, 4) is 0 Å². The maximum Gasteiger partial charge on any atom is 0.0648 e. The van der Waals surface area contributed by atoms with Crippen LogP contribution < -0.4 is 0 Å². The van der Waals surface area contributed by atoms with Crippen LogP contribution in [0, 0.1) is 5.92 Å². The molecule has 11 heavy (non-hydrogen) atoms. The lowest BCUT2D eigenvalue weighted by atomic mass is 9.72. The molecule has 0 heterocycles. The van der Waals surface area contributed by atoms with Gasteiger partial charge < -0.3 is 5.11 Å². The van der Waals surface area contributed by atoms with E-state index >= 15 is 0 Å². The van der Waals surface area contributed by atoms with Gasteiger partial charge in [0, 0.05) is 0 Å². The van der Waals surface area contributed by atoms with Gasteiger partial charge in [-0.25, -0.2) is 0 Å². The van der Waals surface area contributed by atoms with E-state index in [2.05, 4.69) is 0 Å². The van der Waals surface area contributed by atoms with E-state index in [1.165, 1.54) is 32.1 Å². The largest absolute Gasteiger partial charge is 0.390 e. The third-order valence-corrected chi connectivity index (χ3v) is 3.54. The van der Waals surface area contributed by atoms with Gasteiger partial charge in [-0.1, -0.05) is 19.3 Å². The number of hydrogen-bond donors (Lipinski definition) is 1. The van der Waals surface area contributed by atoms with Crippen molar-refractivity contribution < 1.29 is 5.11 Å². The number of rotatable bonds is 0. The summed E-state index contributed by atoms with van der Waals surface area (Å²) >= 11 is 0. The molecule has 64 valence electrons. The number of fused-ring (bicyclic) bond motifs is 5. The van der Waals surface area contributed by atoms with Gasteiger partial charge in [0.1, 0.15) is 0 Å². The maximum absolute atomic E-state index is 10.0. The molecule has 3 rings (SSSR count). The quantitative estimate of drug-likeness (QED) is 0.568. The lowest BCUT2D eigenvalue weighted by Gasteiger charge is -2.38. The maximum atomic E-state index is 10.0. The van der Waals surface area contributed by atoms with Gasteiger partial charge >= 0.3 is 0 Å². The highest BCUT2D eigenvalue weighted by atomic mass is 16.3. The van der Waals surface area contributed by atoms with Crippen molar-refractivity contribution in [2.24, 2.45) is 5.92 Å². The highest BCUT2D eigenvalue weighted by molar-refractivity contribution is 4.87. The summed E-state index contributed by atoms with van der Waals surface area (Å²) in [5, 5.41) is 10.0. The summed E-state index contributed by atoms with van der Waals surface area (Å²) < 4.78 is 0. The van der Waals surface area contributed by atoms with E-state index in [-0.39, 0.29) is 5.60 Å². The first kappa shape index (κ1) is 7.60. The zero-order valence-electron chi connectivity index (χ0n) is 7.18. The molecular formula is C10H18O. The fourth-order valence-corrected chi connectivity index (χ4v) is 2.64. The van der Waals surface area contributed by atoms with Crippen LogP contribution in [0.1, 0.15) is 51.4 Å². The van der Waals surface area contributed by atoms with Crippen LogP contribution in [0.3, 0.4) is 0 Å².